The van der Waals surface area contributed by atoms with Crippen LogP contribution in [0, 0.1) is 17.2 Å². The van der Waals surface area contributed by atoms with Gasteiger partial charge in [0.2, 0.25) is 0 Å². The van der Waals surface area contributed by atoms with Crippen LogP contribution in [0.2, 0.25) is 0 Å². The van der Waals surface area contributed by atoms with Crippen LogP contribution < -0.4 is 5.73 Å². The predicted molar refractivity (Wildman–Crippen MR) is 63.9 cm³/mol. The molecule has 80 valence electrons. The van der Waals surface area contributed by atoms with Crippen LogP contribution in [0.4, 0.5) is 5.00 Å². The monoisotopic (exact) mass is 220 g/mol. The molecule has 0 fully saturated rings. The highest BCUT2D eigenvalue weighted by atomic mass is 32.1. The molecule has 0 aromatic carbocycles. The molecule has 0 bridgehead atoms. The first-order valence-corrected chi connectivity index (χ1v) is 6.38. The molecule has 0 spiro atoms. The number of nitrogen functional groups attached to an aromatic ring is 1. The molecule has 0 radical (unpaired) electrons. The van der Waals surface area contributed by atoms with E-state index in [0.29, 0.717) is 0 Å². The van der Waals surface area contributed by atoms with Crippen molar-refractivity contribution in [1.82, 2.24) is 0 Å². The molecular weight excluding hydrogens is 204 g/mol. The Morgan fingerprint density at radius 1 is 1.60 bits per heavy atom. The molecule has 2 nitrogen and oxygen atoms in total. The van der Waals surface area contributed by atoms with Gasteiger partial charge in [-0.2, -0.15) is 5.26 Å². The van der Waals surface area contributed by atoms with Crippen LogP contribution >= 0.6 is 11.3 Å². The Labute approximate surface area is 94.7 Å². The highest BCUT2D eigenvalue weighted by Crippen LogP contribution is 2.38. The van der Waals surface area contributed by atoms with Gasteiger partial charge in [0.15, 0.2) is 0 Å². The number of fused-ring (bicyclic) bond motifs is 1. The summed E-state index contributed by atoms with van der Waals surface area (Å²) in [6.07, 6.45) is 5.98. The molecule has 0 saturated heterocycles. The van der Waals surface area contributed by atoms with Crippen molar-refractivity contribution in [2.45, 2.75) is 39.0 Å². The van der Waals surface area contributed by atoms with E-state index in [4.69, 9.17) is 11.0 Å². The van der Waals surface area contributed by atoms with E-state index in [-0.39, 0.29) is 0 Å². The molecule has 2 rings (SSSR count). The average Bonchev–Trinajstić information content (AvgIpc) is 2.53. The van der Waals surface area contributed by atoms with Gasteiger partial charge in [0.25, 0.3) is 0 Å². The zero-order valence-electron chi connectivity index (χ0n) is 9.05. The Bertz CT molecular complexity index is 400. The molecule has 15 heavy (non-hydrogen) atoms. The lowest BCUT2D eigenvalue weighted by atomic mass is 9.85. The van der Waals surface area contributed by atoms with Gasteiger partial charge in [-0.3, -0.25) is 0 Å². The van der Waals surface area contributed by atoms with E-state index < -0.39 is 0 Å². The largest absolute Gasteiger partial charge is 0.389 e. The first-order valence-electron chi connectivity index (χ1n) is 5.56. The number of thiophene rings is 1. The third-order valence-corrected chi connectivity index (χ3v) is 4.29. The summed E-state index contributed by atoms with van der Waals surface area (Å²) in [5.74, 6) is 0.812. The number of hydrogen-bond acceptors (Lipinski definition) is 3. The molecular formula is C12H16N2S. The van der Waals surface area contributed by atoms with Crippen molar-refractivity contribution in [2.75, 3.05) is 5.73 Å². The second kappa shape index (κ2) is 4.24. The van der Waals surface area contributed by atoms with E-state index in [9.17, 15) is 0 Å². The fourth-order valence-electron chi connectivity index (χ4n) is 2.45. The minimum atomic E-state index is 0.722. The molecule has 1 aliphatic rings. The van der Waals surface area contributed by atoms with Crippen molar-refractivity contribution >= 4 is 16.3 Å². The third-order valence-electron chi connectivity index (χ3n) is 3.20. The Balaban J connectivity index is 2.25. The second-order valence-electron chi connectivity index (χ2n) is 4.25. The summed E-state index contributed by atoms with van der Waals surface area (Å²) in [4.78, 5) is 1.37. The van der Waals surface area contributed by atoms with E-state index in [1.165, 1.54) is 29.7 Å². The van der Waals surface area contributed by atoms with Crippen molar-refractivity contribution in [3.63, 3.8) is 0 Å². The van der Waals surface area contributed by atoms with Crippen LogP contribution in [-0.4, -0.2) is 0 Å². The maximum Gasteiger partial charge on any atom is 0.104 e. The van der Waals surface area contributed by atoms with Gasteiger partial charge in [-0.05, 0) is 30.7 Å². The molecule has 0 aliphatic heterocycles. The predicted octanol–water partition coefficient (Wildman–Crippen LogP) is 3.11. The third kappa shape index (κ3) is 1.87. The van der Waals surface area contributed by atoms with Gasteiger partial charge in [0.05, 0.1) is 5.56 Å². The lowest BCUT2D eigenvalue weighted by Crippen LogP contribution is -2.12. The minimum absolute atomic E-state index is 0.722. The summed E-state index contributed by atoms with van der Waals surface area (Å²) in [7, 11) is 0. The fraction of sp³-hybridized carbons (Fsp3) is 0.583. The number of nitriles is 1. The number of rotatable bonds is 2. The van der Waals surface area contributed by atoms with E-state index >= 15 is 0 Å². The van der Waals surface area contributed by atoms with E-state index in [1.54, 1.807) is 11.3 Å². The zero-order valence-corrected chi connectivity index (χ0v) is 9.86. The zero-order chi connectivity index (χ0) is 10.8. The van der Waals surface area contributed by atoms with Crippen molar-refractivity contribution in [3.05, 3.63) is 16.0 Å². The Kier molecular flexibility index (Phi) is 2.97. The van der Waals surface area contributed by atoms with Gasteiger partial charge in [-0.15, -0.1) is 11.3 Å². The first-order chi connectivity index (χ1) is 7.26. The lowest BCUT2D eigenvalue weighted by Gasteiger charge is -2.21. The Hall–Kier alpha value is -1.01. The molecule has 0 saturated carbocycles. The van der Waals surface area contributed by atoms with Crippen molar-refractivity contribution in [1.29, 1.82) is 5.26 Å². The summed E-state index contributed by atoms with van der Waals surface area (Å²) in [5.41, 5.74) is 7.84. The topological polar surface area (TPSA) is 49.8 Å². The summed E-state index contributed by atoms with van der Waals surface area (Å²) in [5, 5.41) is 9.73. The minimum Gasteiger partial charge on any atom is -0.389 e. The van der Waals surface area contributed by atoms with E-state index in [1.807, 2.05) is 0 Å². The molecule has 0 amide bonds. The summed E-state index contributed by atoms with van der Waals surface area (Å²) >= 11 is 1.63. The van der Waals surface area contributed by atoms with Crippen LogP contribution in [0.1, 0.15) is 42.2 Å². The summed E-state index contributed by atoms with van der Waals surface area (Å²) in [6.45, 7) is 2.24. The molecule has 2 N–H and O–H groups in total. The van der Waals surface area contributed by atoms with Crippen LogP contribution in [0.15, 0.2) is 0 Å². The van der Waals surface area contributed by atoms with Gasteiger partial charge in [0.1, 0.15) is 11.1 Å². The maximum absolute atomic E-state index is 9.01. The van der Waals surface area contributed by atoms with Crippen LogP contribution in [0.25, 0.3) is 0 Å². The summed E-state index contributed by atoms with van der Waals surface area (Å²) in [6, 6.07) is 2.24. The van der Waals surface area contributed by atoms with Gasteiger partial charge in [0, 0.05) is 4.88 Å². The number of anilines is 1. The first kappa shape index (κ1) is 10.5. The number of nitrogens with zero attached hydrogens (tertiary/aromatic N) is 1. The number of nitrogens with two attached hydrogens (primary N) is 1. The molecule has 3 heteroatoms. The van der Waals surface area contributed by atoms with Crippen molar-refractivity contribution < 1.29 is 0 Å². The maximum atomic E-state index is 9.01. The highest BCUT2D eigenvalue weighted by Gasteiger charge is 2.24. The molecule has 1 aromatic heterocycles. The second-order valence-corrected chi connectivity index (χ2v) is 5.39. The van der Waals surface area contributed by atoms with Crippen LogP contribution in [0.3, 0.4) is 0 Å². The standard InChI is InChI=1S/C12H16N2S/c1-2-3-8-4-5-9-10(7-13)12(14)15-11(9)6-8/h8H,2-6,14H2,1H3/t8-/m0/s1. The smallest absolute Gasteiger partial charge is 0.104 e. The Morgan fingerprint density at radius 2 is 2.40 bits per heavy atom. The quantitative estimate of drug-likeness (QED) is 0.832. The molecule has 1 heterocycles. The highest BCUT2D eigenvalue weighted by molar-refractivity contribution is 7.16. The van der Waals surface area contributed by atoms with E-state index in [2.05, 4.69) is 13.0 Å². The Morgan fingerprint density at radius 3 is 3.07 bits per heavy atom. The van der Waals surface area contributed by atoms with E-state index in [0.717, 1.165) is 29.3 Å². The van der Waals surface area contributed by atoms with Gasteiger partial charge < -0.3 is 5.73 Å². The SMILES string of the molecule is CCC[C@H]1CCc2c(sc(N)c2C#N)C1. The molecule has 1 aromatic rings. The normalized spacial score (nSPS) is 19.6. The number of hydrogen-bond donors (Lipinski definition) is 1. The molecule has 1 atom stereocenters. The summed E-state index contributed by atoms with van der Waals surface area (Å²) < 4.78 is 0. The molecule has 1 aliphatic carbocycles. The van der Waals surface area contributed by atoms with Gasteiger partial charge >= 0.3 is 0 Å². The van der Waals surface area contributed by atoms with Gasteiger partial charge in [-0.1, -0.05) is 19.8 Å². The average molecular weight is 220 g/mol. The van der Waals surface area contributed by atoms with Crippen molar-refractivity contribution in [2.24, 2.45) is 5.92 Å². The molecule has 0 unspecified atom stereocenters. The van der Waals surface area contributed by atoms with Gasteiger partial charge in [-0.25, -0.2) is 0 Å². The van der Waals surface area contributed by atoms with Crippen LogP contribution in [-0.2, 0) is 12.8 Å². The lowest BCUT2D eigenvalue weighted by molar-refractivity contribution is 0.427. The fourth-order valence-corrected chi connectivity index (χ4v) is 3.64. The van der Waals surface area contributed by atoms with Crippen LogP contribution in [0.5, 0.6) is 0 Å². The van der Waals surface area contributed by atoms with Crippen molar-refractivity contribution in [3.8, 4) is 6.07 Å².